The van der Waals surface area contributed by atoms with Gasteiger partial charge in [0.25, 0.3) is 10.1 Å². The number of aryl methyl sites for hydroxylation is 1. The van der Waals surface area contributed by atoms with Crippen molar-refractivity contribution in [1.29, 1.82) is 0 Å². The summed E-state index contributed by atoms with van der Waals surface area (Å²) in [4.78, 5) is 9.81. The fourth-order valence-electron chi connectivity index (χ4n) is 1.24. The molecule has 0 heterocycles. The van der Waals surface area contributed by atoms with Crippen molar-refractivity contribution in [2.75, 3.05) is 14.1 Å². The minimum Gasteiger partial charge on any atom is -0.481 e. The van der Waals surface area contributed by atoms with Crippen molar-refractivity contribution in [3.8, 4) is 0 Å². The molecule has 0 atom stereocenters. The molecule has 128 valence electrons. The third-order valence-electron chi connectivity index (χ3n) is 2.31. The number of carbonyl (C=O) groups is 1. The van der Waals surface area contributed by atoms with Crippen LogP contribution in [-0.2, 0) is 14.9 Å². The number of hydrogen-bond acceptors (Lipinski definition) is 4. The fraction of sp³-hybridized carbons (Fsp3) is 0.533. The van der Waals surface area contributed by atoms with Gasteiger partial charge in [-0.15, -0.1) is 0 Å². The van der Waals surface area contributed by atoms with Gasteiger partial charge in [0.2, 0.25) is 0 Å². The maximum atomic E-state index is 10.5. The molecule has 0 saturated carbocycles. The lowest BCUT2D eigenvalue weighted by molar-refractivity contribution is -0.137. The molecule has 0 aliphatic carbocycles. The molecule has 3 N–H and O–H groups in total. The molecule has 0 fully saturated rings. The third kappa shape index (κ3) is 15.0. The predicted molar refractivity (Wildman–Crippen MR) is 87.8 cm³/mol. The van der Waals surface area contributed by atoms with Crippen molar-refractivity contribution in [1.82, 2.24) is 5.32 Å². The average molecular weight is 333 g/mol. The van der Waals surface area contributed by atoms with Gasteiger partial charge >= 0.3 is 5.97 Å². The molecule has 0 spiro atoms. The van der Waals surface area contributed by atoms with Crippen LogP contribution in [0.5, 0.6) is 0 Å². The van der Waals surface area contributed by atoms with Crippen LogP contribution in [0.1, 0.15) is 38.2 Å². The minimum atomic E-state index is -4.02. The second kappa shape index (κ2) is 13.2. The van der Waals surface area contributed by atoms with Crippen LogP contribution >= 0.6 is 0 Å². The Morgan fingerprint density at radius 3 is 1.91 bits per heavy atom. The van der Waals surface area contributed by atoms with Gasteiger partial charge in [0.15, 0.2) is 0 Å². The summed E-state index contributed by atoms with van der Waals surface area (Å²) in [6, 6.07) is 5.99. The van der Waals surface area contributed by atoms with Gasteiger partial charge < -0.3 is 10.4 Å². The van der Waals surface area contributed by atoms with Crippen LogP contribution in [0.3, 0.4) is 0 Å². The van der Waals surface area contributed by atoms with E-state index in [1.807, 2.05) is 21.0 Å². The Kier molecular flexibility index (Phi) is 13.7. The summed E-state index contributed by atoms with van der Waals surface area (Å²) >= 11 is 0. The van der Waals surface area contributed by atoms with Gasteiger partial charge in [-0.2, -0.15) is 8.42 Å². The molecule has 1 rings (SSSR count). The van der Waals surface area contributed by atoms with Gasteiger partial charge in [0, 0.05) is 6.42 Å². The van der Waals surface area contributed by atoms with Gasteiger partial charge in [-0.1, -0.05) is 37.5 Å². The largest absolute Gasteiger partial charge is 0.481 e. The summed E-state index contributed by atoms with van der Waals surface area (Å²) in [7, 11) is -0.270. The SMILES string of the molecule is CCCCCC(=O)O.CNC.Cc1ccc(S(=O)(=O)O)cc1. The smallest absolute Gasteiger partial charge is 0.303 e. The highest BCUT2D eigenvalue weighted by Crippen LogP contribution is 2.08. The molecule has 0 aliphatic rings. The van der Waals surface area contributed by atoms with Crippen LogP contribution in [0.15, 0.2) is 29.2 Å². The predicted octanol–water partition coefficient (Wildman–Crippen LogP) is 2.73. The average Bonchev–Trinajstić information content (AvgIpc) is 2.40. The maximum absolute atomic E-state index is 10.5. The highest BCUT2D eigenvalue weighted by molar-refractivity contribution is 7.85. The Bertz CT molecular complexity index is 497. The van der Waals surface area contributed by atoms with Crippen molar-refractivity contribution in [2.24, 2.45) is 0 Å². The normalized spacial score (nSPS) is 9.86. The summed E-state index contributed by atoms with van der Waals surface area (Å²) in [5, 5.41) is 10.9. The number of carboxylic acids is 1. The quantitative estimate of drug-likeness (QED) is 0.565. The topological polar surface area (TPSA) is 104 Å². The first-order chi connectivity index (χ1) is 10.2. The van der Waals surface area contributed by atoms with Crippen molar-refractivity contribution in [3.63, 3.8) is 0 Å². The second-order valence-electron chi connectivity index (χ2n) is 4.64. The molecular formula is C15H27NO5S. The van der Waals surface area contributed by atoms with Gasteiger partial charge in [-0.25, -0.2) is 0 Å². The lowest BCUT2D eigenvalue weighted by Crippen LogP contribution is -1.96. The zero-order valence-electron chi connectivity index (χ0n) is 13.7. The van der Waals surface area contributed by atoms with E-state index in [0.29, 0.717) is 6.42 Å². The molecule has 6 nitrogen and oxygen atoms in total. The molecule has 22 heavy (non-hydrogen) atoms. The maximum Gasteiger partial charge on any atom is 0.303 e. The zero-order valence-corrected chi connectivity index (χ0v) is 14.5. The highest BCUT2D eigenvalue weighted by Gasteiger charge is 2.06. The molecule has 0 aliphatic heterocycles. The van der Waals surface area contributed by atoms with Crippen molar-refractivity contribution in [2.45, 2.75) is 44.4 Å². The van der Waals surface area contributed by atoms with E-state index in [2.05, 4.69) is 12.2 Å². The zero-order chi connectivity index (χ0) is 17.6. The minimum absolute atomic E-state index is 0.0666. The van der Waals surface area contributed by atoms with E-state index in [0.717, 1.165) is 24.8 Å². The van der Waals surface area contributed by atoms with Crippen molar-refractivity contribution in [3.05, 3.63) is 29.8 Å². The van der Waals surface area contributed by atoms with Crippen molar-refractivity contribution >= 4 is 16.1 Å². The van der Waals surface area contributed by atoms with Crippen LogP contribution in [0.25, 0.3) is 0 Å². The first kappa shape index (κ1) is 22.8. The van der Waals surface area contributed by atoms with Crippen LogP contribution in [-0.4, -0.2) is 38.1 Å². The Labute approximate surface area is 133 Å². The summed E-state index contributed by atoms with van der Waals surface area (Å²) < 4.78 is 29.6. The van der Waals surface area contributed by atoms with Crippen LogP contribution in [0.2, 0.25) is 0 Å². The number of rotatable bonds is 5. The standard InChI is InChI=1S/C7H8O3S.C6H12O2.C2H7N/c1-6-2-4-7(5-3-6)11(8,9)10;1-2-3-4-5-6(7)8;1-3-2/h2-5H,1H3,(H,8,9,10);2-5H2,1H3,(H,7,8);3H,1-2H3. The molecule has 1 aromatic rings. The number of hydrogen-bond donors (Lipinski definition) is 3. The molecule has 0 amide bonds. The molecule has 0 bridgehead atoms. The highest BCUT2D eigenvalue weighted by atomic mass is 32.2. The molecular weight excluding hydrogens is 306 g/mol. The first-order valence-electron chi connectivity index (χ1n) is 7.03. The molecule has 0 unspecified atom stereocenters. The van der Waals surface area contributed by atoms with E-state index in [1.165, 1.54) is 12.1 Å². The summed E-state index contributed by atoms with van der Waals surface area (Å²) in [5.41, 5.74) is 0.956. The second-order valence-corrected chi connectivity index (χ2v) is 6.06. The number of carboxylic acid groups (broad SMARTS) is 1. The summed E-state index contributed by atoms with van der Waals surface area (Å²) in [5.74, 6) is -0.682. The molecule has 0 radical (unpaired) electrons. The van der Waals surface area contributed by atoms with Gasteiger partial charge in [0.1, 0.15) is 0 Å². The molecule has 0 saturated heterocycles. The number of aliphatic carboxylic acids is 1. The summed E-state index contributed by atoms with van der Waals surface area (Å²) in [6.45, 7) is 3.90. The van der Waals surface area contributed by atoms with E-state index in [-0.39, 0.29) is 4.90 Å². The van der Waals surface area contributed by atoms with Gasteiger partial charge in [0.05, 0.1) is 4.90 Å². The molecule has 7 heteroatoms. The monoisotopic (exact) mass is 333 g/mol. The Balaban J connectivity index is 0. The Morgan fingerprint density at radius 1 is 1.14 bits per heavy atom. The third-order valence-corrected chi connectivity index (χ3v) is 3.18. The van der Waals surface area contributed by atoms with E-state index in [4.69, 9.17) is 9.66 Å². The number of unbranched alkanes of at least 4 members (excludes halogenated alkanes) is 2. The van der Waals surface area contributed by atoms with E-state index >= 15 is 0 Å². The molecule has 1 aromatic carbocycles. The first-order valence-corrected chi connectivity index (χ1v) is 8.47. The number of benzene rings is 1. The molecule has 0 aromatic heterocycles. The van der Waals surface area contributed by atoms with Crippen LogP contribution in [0.4, 0.5) is 0 Å². The van der Waals surface area contributed by atoms with Gasteiger partial charge in [-0.05, 0) is 39.6 Å². The summed E-state index contributed by atoms with van der Waals surface area (Å²) in [6.07, 6.45) is 3.28. The van der Waals surface area contributed by atoms with Crippen LogP contribution in [0, 0.1) is 6.92 Å². The van der Waals surface area contributed by atoms with Crippen molar-refractivity contribution < 1.29 is 22.9 Å². The Hall–Kier alpha value is -1.44. The Morgan fingerprint density at radius 2 is 1.59 bits per heavy atom. The number of nitrogens with one attached hydrogen (secondary N) is 1. The lowest BCUT2D eigenvalue weighted by Gasteiger charge is -1.95. The van der Waals surface area contributed by atoms with E-state index in [1.54, 1.807) is 12.1 Å². The van der Waals surface area contributed by atoms with E-state index in [9.17, 15) is 13.2 Å². The van der Waals surface area contributed by atoms with E-state index < -0.39 is 16.1 Å². The van der Waals surface area contributed by atoms with Crippen LogP contribution < -0.4 is 5.32 Å². The lowest BCUT2D eigenvalue weighted by atomic mass is 10.2. The fourth-order valence-corrected chi connectivity index (χ4v) is 1.72. The van der Waals surface area contributed by atoms with Gasteiger partial charge in [-0.3, -0.25) is 9.35 Å².